The van der Waals surface area contributed by atoms with Crippen molar-refractivity contribution in [1.82, 2.24) is 20.2 Å². The van der Waals surface area contributed by atoms with Crippen LogP contribution in [0.2, 0.25) is 0 Å². The Labute approximate surface area is 110 Å². The van der Waals surface area contributed by atoms with Crippen LogP contribution in [0, 0.1) is 5.92 Å². The zero-order valence-electron chi connectivity index (χ0n) is 10.5. The molecule has 3 heterocycles. The van der Waals surface area contributed by atoms with Crippen molar-refractivity contribution in [3.8, 4) is 0 Å². The van der Waals surface area contributed by atoms with Gasteiger partial charge in [0.1, 0.15) is 5.82 Å². The summed E-state index contributed by atoms with van der Waals surface area (Å²) in [7, 11) is 0. The van der Waals surface area contributed by atoms with Gasteiger partial charge in [0.2, 0.25) is 5.95 Å². The van der Waals surface area contributed by atoms with E-state index < -0.39 is 0 Å². The number of nitrogens with two attached hydrogens (primary N) is 1. The molecule has 1 saturated heterocycles. The van der Waals surface area contributed by atoms with Crippen molar-refractivity contribution in [3.05, 3.63) is 6.20 Å². The van der Waals surface area contributed by atoms with E-state index in [-0.39, 0.29) is 6.61 Å². The summed E-state index contributed by atoms with van der Waals surface area (Å²) in [6.07, 6.45) is 3.62. The zero-order valence-corrected chi connectivity index (χ0v) is 10.5. The molecule has 5 N–H and O–H groups in total. The van der Waals surface area contributed by atoms with E-state index in [4.69, 9.17) is 10.9 Å². The largest absolute Gasteiger partial charge is 0.396 e. The first-order chi connectivity index (χ1) is 9.31. The molecule has 3 rings (SSSR count). The lowest BCUT2D eigenvalue weighted by molar-refractivity contribution is 0.263. The molecule has 0 amide bonds. The second kappa shape index (κ2) is 4.98. The van der Waals surface area contributed by atoms with Gasteiger partial charge < -0.3 is 10.0 Å². The molecule has 0 aromatic carbocycles. The number of aromatic nitrogens is 4. The van der Waals surface area contributed by atoms with Crippen LogP contribution >= 0.6 is 0 Å². The number of fused-ring (bicyclic) bond motifs is 1. The summed E-state index contributed by atoms with van der Waals surface area (Å²) >= 11 is 0. The van der Waals surface area contributed by atoms with E-state index >= 15 is 0 Å². The highest BCUT2D eigenvalue weighted by Gasteiger charge is 2.25. The van der Waals surface area contributed by atoms with Crippen LogP contribution in [0.4, 0.5) is 11.8 Å². The molecule has 1 fully saturated rings. The van der Waals surface area contributed by atoms with Crippen LogP contribution in [-0.2, 0) is 0 Å². The Hall–Kier alpha value is -1.93. The van der Waals surface area contributed by atoms with Crippen molar-refractivity contribution in [2.75, 3.05) is 30.0 Å². The summed E-state index contributed by atoms with van der Waals surface area (Å²) < 4.78 is 0. The Morgan fingerprint density at radius 2 is 2.42 bits per heavy atom. The number of aliphatic hydroxyl groups excluding tert-OH is 1. The van der Waals surface area contributed by atoms with Crippen molar-refractivity contribution in [3.63, 3.8) is 0 Å². The fraction of sp³-hybridized carbons (Fsp3) is 0.545. The van der Waals surface area contributed by atoms with E-state index in [2.05, 4.69) is 30.5 Å². The number of nitrogens with one attached hydrogen (secondary N) is 2. The molecule has 0 spiro atoms. The molecule has 1 aliphatic rings. The fourth-order valence-electron chi connectivity index (χ4n) is 2.57. The molecule has 2 aromatic rings. The lowest BCUT2D eigenvalue weighted by Crippen LogP contribution is -2.22. The Balaban J connectivity index is 1.93. The molecule has 0 bridgehead atoms. The number of hydrogen-bond donors (Lipinski definition) is 4. The molecular formula is C11H17N7O. The normalized spacial score (nSPS) is 19.3. The van der Waals surface area contributed by atoms with Gasteiger partial charge in [-0.3, -0.25) is 10.5 Å². The van der Waals surface area contributed by atoms with E-state index in [1.807, 2.05) is 0 Å². The molecule has 0 saturated carbocycles. The SMILES string of the molecule is NNc1nc(N2CCC(CCO)C2)c2cn[nH]c2n1. The van der Waals surface area contributed by atoms with Crippen molar-refractivity contribution >= 4 is 22.8 Å². The quantitative estimate of drug-likeness (QED) is 0.447. The third kappa shape index (κ3) is 2.20. The second-order valence-corrected chi connectivity index (χ2v) is 4.76. The lowest BCUT2D eigenvalue weighted by Gasteiger charge is -2.18. The van der Waals surface area contributed by atoms with Crippen LogP contribution in [0.1, 0.15) is 12.8 Å². The van der Waals surface area contributed by atoms with Crippen LogP contribution in [0.15, 0.2) is 6.20 Å². The average molecular weight is 263 g/mol. The van der Waals surface area contributed by atoms with Gasteiger partial charge in [0.15, 0.2) is 5.65 Å². The maximum Gasteiger partial charge on any atom is 0.241 e. The summed E-state index contributed by atoms with van der Waals surface area (Å²) in [6, 6.07) is 0. The minimum absolute atomic E-state index is 0.235. The van der Waals surface area contributed by atoms with Gasteiger partial charge in [0, 0.05) is 19.7 Å². The Bertz CT molecular complexity index is 569. The van der Waals surface area contributed by atoms with Gasteiger partial charge >= 0.3 is 0 Å². The van der Waals surface area contributed by atoms with Gasteiger partial charge in [0.05, 0.1) is 11.6 Å². The van der Waals surface area contributed by atoms with Crippen molar-refractivity contribution in [1.29, 1.82) is 0 Å². The maximum absolute atomic E-state index is 9.02. The average Bonchev–Trinajstić information content (AvgIpc) is 3.06. The molecule has 8 nitrogen and oxygen atoms in total. The summed E-state index contributed by atoms with van der Waals surface area (Å²) in [4.78, 5) is 10.8. The van der Waals surface area contributed by atoms with Crippen molar-refractivity contribution in [2.45, 2.75) is 12.8 Å². The number of H-pyrrole nitrogens is 1. The minimum Gasteiger partial charge on any atom is -0.396 e. The van der Waals surface area contributed by atoms with Crippen LogP contribution in [0.3, 0.4) is 0 Å². The topological polar surface area (TPSA) is 116 Å². The van der Waals surface area contributed by atoms with E-state index in [1.165, 1.54) is 0 Å². The number of anilines is 2. The molecule has 0 radical (unpaired) electrons. The molecule has 1 atom stereocenters. The standard InChI is InChI=1S/C11H17N7O/c12-16-11-14-9-8(5-13-17-9)10(15-11)18-3-1-7(6-18)2-4-19/h5,7,19H,1-4,6,12H2,(H2,13,14,15,16,17). The van der Waals surface area contributed by atoms with Crippen molar-refractivity contribution in [2.24, 2.45) is 11.8 Å². The van der Waals surface area contributed by atoms with Crippen molar-refractivity contribution < 1.29 is 5.11 Å². The smallest absolute Gasteiger partial charge is 0.241 e. The monoisotopic (exact) mass is 263 g/mol. The third-order valence-electron chi connectivity index (χ3n) is 3.54. The first-order valence-corrected chi connectivity index (χ1v) is 6.35. The number of rotatable bonds is 4. The summed E-state index contributed by atoms with van der Waals surface area (Å²) in [5, 5.41) is 16.7. The molecular weight excluding hydrogens is 246 g/mol. The van der Waals surface area contributed by atoms with Gasteiger partial charge in [-0.15, -0.1) is 0 Å². The van der Waals surface area contributed by atoms with E-state index in [9.17, 15) is 0 Å². The molecule has 102 valence electrons. The zero-order chi connectivity index (χ0) is 13.2. The highest BCUT2D eigenvalue weighted by molar-refractivity contribution is 5.87. The van der Waals surface area contributed by atoms with Crippen LogP contribution in [0.5, 0.6) is 0 Å². The molecule has 19 heavy (non-hydrogen) atoms. The fourth-order valence-corrected chi connectivity index (χ4v) is 2.57. The predicted molar refractivity (Wildman–Crippen MR) is 71.5 cm³/mol. The third-order valence-corrected chi connectivity index (χ3v) is 3.54. The number of aromatic amines is 1. The van der Waals surface area contributed by atoms with Crippen LogP contribution in [-0.4, -0.2) is 45.0 Å². The summed E-state index contributed by atoms with van der Waals surface area (Å²) in [5.41, 5.74) is 3.14. The van der Waals surface area contributed by atoms with E-state index in [0.717, 1.165) is 37.1 Å². The number of aliphatic hydroxyl groups is 1. The maximum atomic E-state index is 9.02. The van der Waals surface area contributed by atoms with Gasteiger partial charge in [-0.2, -0.15) is 15.1 Å². The van der Waals surface area contributed by atoms with Crippen LogP contribution < -0.4 is 16.2 Å². The second-order valence-electron chi connectivity index (χ2n) is 4.76. The van der Waals surface area contributed by atoms with E-state index in [0.29, 0.717) is 17.5 Å². The number of nitrogen functional groups attached to an aromatic ring is 1. The Morgan fingerprint density at radius 3 is 3.21 bits per heavy atom. The van der Waals surface area contributed by atoms with Gasteiger partial charge in [0.25, 0.3) is 0 Å². The number of hydrazine groups is 1. The number of hydrogen-bond acceptors (Lipinski definition) is 7. The number of nitrogens with zero attached hydrogens (tertiary/aromatic N) is 4. The Kier molecular flexibility index (Phi) is 3.18. The first kappa shape index (κ1) is 12.1. The highest BCUT2D eigenvalue weighted by atomic mass is 16.3. The summed E-state index contributed by atoms with van der Waals surface area (Å²) in [6.45, 7) is 2.05. The van der Waals surface area contributed by atoms with Gasteiger partial charge in [-0.05, 0) is 18.8 Å². The molecule has 1 aliphatic heterocycles. The van der Waals surface area contributed by atoms with Crippen LogP contribution in [0.25, 0.3) is 11.0 Å². The first-order valence-electron chi connectivity index (χ1n) is 6.35. The molecule has 2 aromatic heterocycles. The highest BCUT2D eigenvalue weighted by Crippen LogP contribution is 2.29. The predicted octanol–water partition coefficient (Wildman–Crippen LogP) is -0.153. The Morgan fingerprint density at radius 1 is 1.53 bits per heavy atom. The molecule has 8 heteroatoms. The van der Waals surface area contributed by atoms with Gasteiger partial charge in [-0.1, -0.05) is 0 Å². The lowest BCUT2D eigenvalue weighted by atomic mass is 10.1. The van der Waals surface area contributed by atoms with Gasteiger partial charge in [-0.25, -0.2) is 5.84 Å². The molecule has 1 unspecified atom stereocenters. The minimum atomic E-state index is 0.235. The van der Waals surface area contributed by atoms with E-state index in [1.54, 1.807) is 6.20 Å². The molecule has 0 aliphatic carbocycles. The summed E-state index contributed by atoms with van der Waals surface area (Å²) in [5.74, 6) is 7.11.